The SMILES string of the molecule is CN(CC(=O)c1coc2ccccc12)Cc1cc(Br)cs1. The monoisotopic (exact) mass is 363 g/mol. The first-order valence-corrected chi connectivity index (χ1v) is 8.21. The maximum Gasteiger partial charge on any atom is 0.180 e. The highest BCUT2D eigenvalue weighted by atomic mass is 79.9. The number of hydrogen-bond acceptors (Lipinski definition) is 4. The Hall–Kier alpha value is -1.43. The number of halogens is 1. The molecular formula is C16H14BrNO2S. The van der Waals surface area contributed by atoms with Crippen molar-refractivity contribution >= 4 is 44.0 Å². The van der Waals surface area contributed by atoms with Crippen molar-refractivity contribution in [2.24, 2.45) is 0 Å². The van der Waals surface area contributed by atoms with Crippen molar-refractivity contribution in [3.8, 4) is 0 Å². The fraction of sp³-hybridized carbons (Fsp3) is 0.188. The summed E-state index contributed by atoms with van der Waals surface area (Å²) in [4.78, 5) is 15.7. The molecule has 3 nitrogen and oxygen atoms in total. The molecule has 2 aromatic heterocycles. The average molecular weight is 364 g/mol. The van der Waals surface area contributed by atoms with Crippen LogP contribution in [0, 0.1) is 0 Å². The molecule has 0 spiro atoms. The number of carbonyl (C=O) groups excluding carboxylic acids is 1. The number of para-hydroxylation sites is 1. The number of furan rings is 1. The van der Waals surface area contributed by atoms with E-state index in [1.165, 1.54) is 4.88 Å². The van der Waals surface area contributed by atoms with E-state index in [9.17, 15) is 4.79 Å². The number of ketones is 1. The first-order chi connectivity index (χ1) is 10.1. The summed E-state index contributed by atoms with van der Waals surface area (Å²) in [6.07, 6.45) is 1.56. The number of nitrogens with zero attached hydrogens (tertiary/aromatic N) is 1. The van der Waals surface area contributed by atoms with Crippen molar-refractivity contribution < 1.29 is 9.21 Å². The van der Waals surface area contributed by atoms with E-state index in [2.05, 4.69) is 27.4 Å². The number of thiophene rings is 1. The molecule has 0 saturated carbocycles. The Morgan fingerprint density at radius 2 is 2.19 bits per heavy atom. The van der Waals surface area contributed by atoms with E-state index < -0.39 is 0 Å². The van der Waals surface area contributed by atoms with Crippen LogP contribution < -0.4 is 0 Å². The van der Waals surface area contributed by atoms with Crippen LogP contribution >= 0.6 is 27.3 Å². The molecule has 2 heterocycles. The topological polar surface area (TPSA) is 33.5 Å². The van der Waals surface area contributed by atoms with Gasteiger partial charge in [0.05, 0.1) is 12.1 Å². The quantitative estimate of drug-likeness (QED) is 0.622. The third kappa shape index (κ3) is 3.26. The Morgan fingerprint density at radius 3 is 2.95 bits per heavy atom. The number of Topliss-reactive ketones (excluding diaryl/α,β-unsaturated/α-hetero) is 1. The fourth-order valence-corrected chi connectivity index (χ4v) is 3.81. The maximum atomic E-state index is 12.4. The number of benzene rings is 1. The third-order valence-electron chi connectivity index (χ3n) is 3.24. The summed E-state index contributed by atoms with van der Waals surface area (Å²) in [5.74, 6) is 0.0815. The van der Waals surface area contributed by atoms with Crippen LogP contribution in [0.15, 0.2) is 50.9 Å². The zero-order valence-corrected chi connectivity index (χ0v) is 13.9. The second kappa shape index (κ2) is 6.13. The van der Waals surface area contributed by atoms with Crippen LogP contribution in [0.4, 0.5) is 0 Å². The molecule has 0 aliphatic carbocycles. The van der Waals surface area contributed by atoms with E-state index in [1.54, 1.807) is 17.6 Å². The molecule has 0 unspecified atom stereocenters. The molecule has 108 valence electrons. The van der Waals surface area contributed by atoms with Crippen molar-refractivity contribution in [1.29, 1.82) is 0 Å². The van der Waals surface area contributed by atoms with Crippen LogP contribution in [0.3, 0.4) is 0 Å². The van der Waals surface area contributed by atoms with E-state index in [0.29, 0.717) is 12.1 Å². The summed E-state index contributed by atoms with van der Waals surface area (Å²) in [5.41, 5.74) is 1.41. The minimum Gasteiger partial charge on any atom is -0.464 e. The normalized spacial score (nSPS) is 11.4. The largest absolute Gasteiger partial charge is 0.464 e. The number of rotatable bonds is 5. The lowest BCUT2D eigenvalue weighted by molar-refractivity contribution is 0.0944. The molecule has 0 atom stereocenters. The molecule has 3 aromatic rings. The first kappa shape index (κ1) is 14.5. The van der Waals surface area contributed by atoms with Gasteiger partial charge in [-0.2, -0.15) is 0 Å². The molecular weight excluding hydrogens is 350 g/mol. The molecule has 0 aliphatic rings. The van der Waals surface area contributed by atoms with E-state index in [-0.39, 0.29) is 5.78 Å². The first-order valence-electron chi connectivity index (χ1n) is 6.54. The Labute approximate surface area is 135 Å². The smallest absolute Gasteiger partial charge is 0.180 e. The highest BCUT2D eigenvalue weighted by molar-refractivity contribution is 9.10. The van der Waals surface area contributed by atoms with Gasteiger partial charge in [0.1, 0.15) is 11.8 Å². The Balaban J connectivity index is 1.71. The highest BCUT2D eigenvalue weighted by Crippen LogP contribution is 2.23. The summed E-state index contributed by atoms with van der Waals surface area (Å²) in [7, 11) is 1.95. The van der Waals surface area contributed by atoms with Gasteiger partial charge < -0.3 is 4.42 Å². The molecule has 1 aromatic carbocycles. The van der Waals surface area contributed by atoms with Crippen molar-refractivity contribution in [1.82, 2.24) is 4.90 Å². The molecule has 0 aliphatic heterocycles. The van der Waals surface area contributed by atoms with E-state index in [4.69, 9.17) is 4.42 Å². The van der Waals surface area contributed by atoms with Crippen molar-refractivity contribution in [2.75, 3.05) is 13.6 Å². The number of fused-ring (bicyclic) bond motifs is 1. The predicted molar refractivity (Wildman–Crippen MR) is 88.9 cm³/mol. The molecule has 3 rings (SSSR count). The van der Waals surface area contributed by atoms with Gasteiger partial charge in [-0.05, 0) is 35.1 Å². The summed E-state index contributed by atoms with van der Waals surface area (Å²) >= 11 is 5.13. The second-order valence-electron chi connectivity index (χ2n) is 4.97. The van der Waals surface area contributed by atoms with Gasteiger partial charge in [-0.1, -0.05) is 18.2 Å². The molecule has 0 N–H and O–H groups in total. The average Bonchev–Trinajstić information content (AvgIpc) is 3.04. The zero-order chi connectivity index (χ0) is 14.8. The second-order valence-corrected chi connectivity index (χ2v) is 6.88. The zero-order valence-electron chi connectivity index (χ0n) is 11.5. The van der Waals surface area contributed by atoms with Crippen LogP contribution in [0.1, 0.15) is 15.2 Å². The molecule has 0 bridgehead atoms. The lowest BCUT2D eigenvalue weighted by atomic mass is 10.1. The Kier molecular flexibility index (Phi) is 4.24. The van der Waals surface area contributed by atoms with E-state index in [1.807, 2.05) is 36.2 Å². The minimum absolute atomic E-state index is 0.0815. The number of likely N-dealkylation sites (N-methyl/N-ethyl adjacent to an activating group) is 1. The van der Waals surface area contributed by atoms with Crippen LogP contribution in [-0.2, 0) is 6.54 Å². The summed E-state index contributed by atoms with van der Waals surface area (Å²) in [5, 5.41) is 2.93. The van der Waals surface area contributed by atoms with Crippen LogP contribution in [0.25, 0.3) is 11.0 Å². The lowest BCUT2D eigenvalue weighted by Crippen LogP contribution is -2.25. The van der Waals surface area contributed by atoms with Gasteiger partial charge in [0.15, 0.2) is 5.78 Å². The van der Waals surface area contributed by atoms with Gasteiger partial charge in [-0.3, -0.25) is 9.69 Å². The van der Waals surface area contributed by atoms with Crippen LogP contribution in [0.2, 0.25) is 0 Å². The molecule has 0 saturated heterocycles. The number of hydrogen-bond donors (Lipinski definition) is 0. The maximum absolute atomic E-state index is 12.4. The lowest BCUT2D eigenvalue weighted by Gasteiger charge is -2.14. The third-order valence-corrected chi connectivity index (χ3v) is 4.92. The molecule has 5 heteroatoms. The van der Waals surface area contributed by atoms with E-state index in [0.717, 1.165) is 22.0 Å². The Morgan fingerprint density at radius 1 is 1.38 bits per heavy atom. The van der Waals surface area contributed by atoms with E-state index >= 15 is 0 Å². The predicted octanol–water partition coefficient (Wildman–Crippen LogP) is 4.57. The summed E-state index contributed by atoms with van der Waals surface area (Å²) < 4.78 is 6.52. The van der Waals surface area contributed by atoms with Crippen molar-refractivity contribution in [3.05, 3.63) is 56.9 Å². The number of carbonyl (C=O) groups is 1. The van der Waals surface area contributed by atoms with Gasteiger partial charge in [-0.25, -0.2) is 0 Å². The van der Waals surface area contributed by atoms with Crippen molar-refractivity contribution in [3.63, 3.8) is 0 Å². The highest BCUT2D eigenvalue weighted by Gasteiger charge is 2.15. The summed E-state index contributed by atoms with van der Waals surface area (Å²) in [6, 6.07) is 9.70. The standard InChI is InChI=1S/C16H14BrNO2S/c1-18(7-12-6-11(17)10-21-12)8-15(19)14-9-20-16-5-3-2-4-13(14)16/h2-6,9-10H,7-8H2,1H3. The van der Waals surface area contributed by atoms with Crippen LogP contribution in [0.5, 0.6) is 0 Å². The van der Waals surface area contributed by atoms with Gasteiger partial charge >= 0.3 is 0 Å². The molecule has 21 heavy (non-hydrogen) atoms. The van der Waals surface area contributed by atoms with Crippen LogP contribution in [-0.4, -0.2) is 24.3 Å². The van der Waals surface area contributed by atoms with Crippen molar-refractivity contribution in [2.45, 2.75) is 6.54 Å². The fourth-order valence-electron chi connectivity index (χ4n) is 2.28. The Bertz CT molecular complexity index is 777. The molecule has 0 fully saturated rings. The van der Waals surface area contributed by atoms with Gasteiger partial charge in [-0.15, -0.1) is 11.3 Å². The van der Waals surface area contributed by atoms with Gasteiger partial charge in [0.2, 0.25) is 0 Å². The van der Waals surface area contributed by atoms with Gasteiger partial charge in [0, 0.05) is 26.7 Å². The summed E-state index contributed by atoms with van der Waals surface area (Å²) in [6.45, 7) is 1.14. The van der Waals surface area contributed by atoms with Gasteiger partial charge in [0.25, 0.3) is 0 Å². The molecule has 0 radical (unpaired) electrons. The minimum atomic E-state index is 0.0815. The molecule has 0 amide bonds.